The van der Waals surface area contributed by atoms with Crippen LogP contribution in [0.5, 0.6) is 5.88 Å². The minimum absolute atomic E-state index is 0. The third-order valence-corrected chi connectivity index (χ3v) is 3.98. The molecule has 0 spiro atoms. The number of anilines is 1. The van der Waals surface area contributed by atoms with Crippen molar-refractivity contribution >= 4 is 27.5 Å². The molecule has 2 radical (unpaired) electrons. The van der Waals surface area contributed by atoms with Gasteiger partial charge in [0.15, 0.2) is 0 Å². The van der Waals surface area contributed by atoms with Gasteiger partial charge in [0.2, 0.25) is 5.95 Å². The first kappa shape index (κ1) is 16.6. The Morgan fingerprint density at radius 2 is 1.82 bits per heavy atom. The molecule has 0 fully saturated rings. The number of thiophene rings is 1. The Kier molecular flexibility index (Phi) is 6.63. The van der Waals surface area contributed by atoms with Crippen molar-refractivity contribution in [1.82, 2.24) is 9.97 Å². The second-order valence-electron chi connectivity index (χ2n) is 3.78. The van der Waals surface area contributed by atoms with E-state index >= 15 is 0 Å². The summed E-state index contributed by atoms with van der Waals surface area (Å²) in [5.41, 5.74) is 6.64. The zero-order valence-electron chi connectivity index (χ0n) is 9.27. The molecule has 0 unspecified atom stereocenters. The van der Waals surface area contributed by atoms with E-state index < -0.39 is 0 Å². The molecule has 3 rings (SSSR count). The summed E-state index contributed by atoms with van der Waals surface area (Å²) in [6, 6.07) is 0. The van der Waals surface area contributed by atoms with Crippen molar-refractivity contribution in [3.05, 3.63) is 10.4 Å². The molecule has 2 aromatic heterocycles. The maximum absolute atomic E-state index is 11.7. The number of fused-ring (bicyclic) bond motifs is 3. The molecule has 0 saturated heterocycles. The standard InChI is InChI=1S/C10H11N3OS.2Ac/c11-10-12-8(14)7-5-3-1-2-4-6(5)15-9(7)13-10;;/h1-4H2,(H3,11,12,13,14);;/p-1. The number of nitrogens with zero attached hydrogens (tertiary/aromatic N) is 2. The Hall–Kier alpha value is 1.52. The minimum atomic E-state index is -0.211. The Balaban J connectivity index is 0.000000722. The number of rotatable bonds is 0. The van der Waals surface area contributed by atoms with Gasteiger partial charge in [-0.1, -0.05) is 0 Å². The van der Waals surface area contributed by atoms with Crippen molar-refractivity contribution in [3.63, 3.8) is 0 Å². The molecular weight excluding hydrogens is 664 g/mol. The number of aromatic nitrogens is 2. The van der Waals surface area contributed by atoms with Crippen LogP contribution in [0.25, 0.3) is 10.2 Å². The Bertz CT molecular complexity index is 544. The molecule has 0 saturated carbocycles. The zero-order valence-corrected chi connectivity index (χ0v) is 19.6. The van der Waals surface area contributed by atoms with E-state index in [9.17, 15) is 5.11 Å². The van der Waals surface area contributed by atoms with Crippen LogP contribution in [0.1, 0.15) is 23.3 Å². The van der Waals surface area contributed by atoms with Gasteiger partial charge in [0.1, 0.15) is 4.83 Å². The topological polar surface area (TPSA) is 74.9 Å². The number of hydrogen-bond acceptors (Lipinski definition) is 5. The third-order valence-electron chi connectivity index (χ3n) is 2.80. The van der Waals surface area contributed by atoms with Crippen LogP contribution < -0.4 is 10.8 Å². The summed E-state index contributed by atoms with van der Waals surface area (Å²) in [7, 11) is 0. The molecule has 0 atom stereocenters. The molecule has 2 aromatic rings. The molecule has 0 amide bonds. The molecule has 2 N–H and O–H groups in total. The summed E-state index contributed by atoms with van der Waals surface area (Å²) in [6.07, 6.45) is 4.41. The van der Waals surface area contributed by atoms with Crippen molar-refractivity contribution in [1.29, 1.82) is 0 Å². The Morgan fingerprint density at radius 3 is 2.59 bits per heavy atom. The van der Waals surface area contributed by atoms with Gasteiger partial charge in [0, 0.05) is 104 Å². The summed E-state index contributed by atoms with van der Waals surface area (Å²) < 4.78 is 0. The van der Waals surface area contributed by atoms with Gasteiger partial charge in [-0.25, -0.2) is 9.97 Å². The fraction of sp³-hybridized carbons (Fsp3) is 0.400. The second kappa shape index (κ2) is 6.80. The van der Waals surface area contributed by atoms with Crippen molar-refractivity contribution < 1.29 is 93.2 Å². The largest absolute Gasteiger partial charge is 0.858 e. The molecule has 2 heterocycles. The van der Waals surface area contributed by atoms with Crippen LogP contribution in [0.4, 0.5) is 5.95 Å². The molecular formula is C10H10Ac2N3OS-. The molecule has 0 bridgehead atoms. The van der Waals surface area contributed by atoms with E-state index in [4.69, 9.17) is 5.73 Å². The molecule has 17 heavy (non-hydrogen) atoms. The number of hydrogen-bond donors (Lipinski definition) is 1. The number of nitrogen functional groups attached to an aromatic ring is 1. The minimum Gasteiger partial charge on any atom is -0.858 e. The maximum atomic E-state index is 11.7. The Labute approximate surface area is 175 Å². The summed E-state index contributed by atoms with van der Waals surface area (Å²) in [4.78, 5) is 9.89. The van der Waals surface area contributed by atoms with Crippen molar-refractivity contribution in [2.75, 3.05) is 5.73 Å². The van der Waals surface area contributed by atoms with Crippen LogP contribution in [0.15, 0.2) is 0 Å². The summed E-state index contributed by atoms with van der Waals surface area (Å²) in [5, 5.41) is 12.4. The summed E-state index contributed by atoms with van der Waals surface area (Å²) in [6.45, 7) is 0. The van der Waals surface area contributed by atoms with Crippen molar-refractivity contribution in [3.8, 4) is 5.88 Å². The van der Waals surface area contributed by atoms with Crippen LogP contribution in [-0.2, 0) is 12.8 Å². The summed E-state index contributed by atoms with van der Waals surface area (Å²) in [5.74, 6) is -0.122. The monoisotopic (exact) mass is 674 g/mol. The van der Waals surface area contributed by atoms with Gasteiger partial charge < -0.3 is 10.8 Å². The van der Waals surface area contributed by atoms with E-state index in [1.807, 2.05) is 0 Å². The van der Waals surface area contributed by atoms with E-state index in [-0.39, 0.29) is 100.0 Å². The van der Waals surface area contributed by atoms with Crippen LogP contribution in [0.2, 0.25) is 0 Å². The first-order chi connectivity index (χ1) is 7.25. The predicted molar refractivity (Wildman–Crippen MR) is 57.9 cm³/mol. The number of aryl methyl sites for hydroxylation is 2. The van der Waals surface area contributed by atoms with Crippen LogP contribution in [0.3, 0.4) is 0 Å². The third kappa shape index (κ3) is 3.17. The van der Waals surface area contributed by atoms with Crippen molar-refractivity contribution in [2.45, 2.75) is 25.7 Å². The summed E-state index contributed by atoms with van der Waals surface area (Å²) >= 11 is 1.60. The fourth-order valence-corrected chi connectivity index (χ4v) is 3.40. The SMILES string of the molecule is Nc1nc([O-])c2c3c(sc2n1)CCCC3.[Ac].[Ac]. The van der Waals surface area contributed by atoms with Crippen LogP contribution in [0, 0.1) is 88.1 Å². The predicted octanol–water partition coefficient (Wildman–Crippen LogP) is 1.23. The van der Waals surface area contributed by atoms with Gasteiger partial charge in [0.25, 0.3) is 0 Å². The first-order valence-electron chi connectivity index (χ1n) is 5.00. The molecule has 84 valence electrons. The second-order valence-corrected chi connectivity index (χ2v) is 4.86. The van der Waals surface area contributed by atoms with E-state index in [2.05, 4.69) is 9.97 Å². The van der Waals surface area contributed by atoms with Gasteiger partial charge >= 0.3 is 0 Å². The van der Waals surface area contributed by atoms with Gasteiger partial charge in [-0.2, -0.15) is 0 Å². The van der Waals surface area contributed by atoms with Crippen LogP contribution >= 0.6 is 11.3 Å². The van der Waals surface area contributed by atoms with Gasteiger partial charge in [-0.3, -0.25) is 0 Å². The first-order valence-corrected chi connectivity index (χ1v) is 5.82. The average molecular weight is 674 g/mol. The van der Waals surface area contributed by atoms with E-state index in [1.165, 1.54) is 16.9 Å². The van der Waals surface area contributed by atoms with E-state index in [1.54, 1.807) is 11.3 Å². The fourth-order valence-electron chi connectivity index (χ4n) is 2.14. The molecule has 1 aliphatic rings. The Morgan fingerprint density at radius 1 is 1.12 bits per heavy atom. The number of nitrogens with two attached hydrogens (primary N) is 1. The molecule has 4 nitrogen and oxygen atoms in total. The van der Waals surface area contributed by atoms with E-state index in [0.717, 1.165) is 24.1 Å². The van der Waals surface area contributed by atoms with Gasteiger partial charge in [0.05, 0.1) is 0 Å². The van der Waals surface area contributed by atoms with Crippen LogP contribution in [-0.4, -0.2) is 9.97 Å². The van der Waals surface area contributed by atoms with Crippen molar-refractivity contribution in [2.24, 2.45) is 0 Å². The maximum Gasteiger partial charge on any atom is 0.220 e. The molecule has 0 aromatic carbocycles. The normalized spacial score (nSPS) is 13.6. The molecule has 1 aliphatic carbocycles. The smallest absolute Gasteiger partial charge is 0.220 e. The zero-order chi connectivity index (χ0) is 10.4. The van der Waals surface area contributed by atoms with Gasteiger partial charge in [-0.15, -0.1) is 11.3 Å². The molecule has 0 aliphatic heterocycles. The van der Waals surface area contributed by atoms with Gasteiger partial charge in [-0.05, 0) is 31.2 Å². The van der Waals surface area contributed by atoms with E-state index in [0.29, 0.717) is 5.39 Å². The quantitative estimate of drug-likeness (QED) is 0.457. The molecule has 7 heteroatoms. The average Bonchev–Trinajstić information content (AvgIpc) is 2.54.